The SMILES string of the molecule is Clc1ccccc1.N#Cc1ccc(CN2CCN(c3ccc(Cl)cc3C#N)CC2)cc1. The first-order valence-electron chi connectivity index (χ1n) is 9.95. The highest BCUT2D eigenvalue weighted by Gasteiger charge is 2.19. The fourth-order valence-electron chi connectivity index (χ4n) is 3.38. The second-order valence-electron chi connectivity index (χ2n) is 7.14. The normalized spacial score (nSPS) is 13.5. The van der Waals surface area contributed by atoms with Crippen LogP contribution in [-0.4, -0.2) is 31.1 Å². The molecule has 1 aliphatic heterocycles. The van der Waals surface area contributed by atoms with Crippen molar-refractivity contribution in [1.29, 1.82) is 10.5 Å². The minimum atomic E-state index is 0.592. The zero-order valence-corrected chi connectivity index (χ0v) is 18.5. The average Bonchev–Trinajstić information content (AvgIpc) is 2.81. The third-order valence-corrected chi connectivity index (χ3v) is 5.50. The smallest absolute Gasteiger partial charge is 0.101 e. The van der Waals surface area contributed by atoms with Gasteiger partial charge in [-0.3, -0.25) is 4.90 Å². The van der Waals surface area contributed by atoms with Crippen LogP contribution in [0.4, 0.5) is 5.69 Å². The number of hydrogen-bond donors (Lipinski definition) is 0. The van der Waals surface area contributed by atoms with Crippen molar-refractivity contribution < 1.29 is 0 Å². The number of halogens is 2. The van der Waals surface area contributed by atoms with Crippen LogP contribution in [0, 0.1) is 22.7 Å². The molecule has 0 aliphatic carbocycles. The molecule has 3 aromatic rings. The zero-order chi connectivity index (χ0) is 22.1. The first-order valence-corrected chi connectivity index (χ1v) is 10.7. The maximum Gasteiger partial charge on any atom is 0.101 e. The number of nitriles is 2. The van der Waals surface area contributed by atoms with E-state index in [0.717, 1.165) is 43.4 Å². The molecule has 0 spiro atoms. The summed E-state index contributed by atoms with van der Waals surface area (Å²) in [4.78, 5) is 4.63. The summed E-state index contributed by atoms with van der Waals surface area (Å²) in [5.74, 6) is 0. The van der Waals surface area contributed by atoms with Gasteiger partial charge in [0.05, 0.1) is 22.9 Å². The lowest BCUT2D eigenvalue weighted by Crippen LogP contribution is -2.46. The van der Waals surface area contributed by atoms with Gasteiger partial charge in [0.25, 0.3) is 0 Å². The lowest BCUT2D eigenvalue weighted by Gasteiger charge is -2.36. The highest BCUT2D eigenvalue weighted by Crippen LogP contribution is 2.25. The summed E-state index contributed by atoms with van der Waals surface area (Å²) in [6.45, 7) is 4.52. The number of piperazine rings is 1. The molecule has 1 heterocycles. The number of anilines is 1. The summed E-state index contributed by atoms with van der Waals surface area (Å²) in [5.41, 5.74) is 3.49. The number of rotatable bonds is 3. The summed E-state index contributed by atoms with van der Waals surface area (Å²) < 4.78 is 0. The maximum absolute atomic E-state index is 9.29. The first-order chi connectivity index (χ1) is 15.1. The van der Waals surface area contributed by atoms with Crippen LogP contribution in [-0.2, 0) is 6.54 Å². The van der Waals surface area contributed by atoms with Gasteiger partial charge in [-0.25, -0.2) is 0 Å². The van der Waals surface area contributed by atoms with Crippen LogP contribution in [0.15, 0.2) is 72.8 Å². The Morgan fingerprint density at radius 1 is 0.742 bits per heavy atom. The van der Waals surface area contributed by atoms with E-state index in [-0.39, 0.29) is 0 Å². The van der Waals surface area contributed by atoms with Gasteiger partial charge in [-0.15, -0.1) is 0 Å². The van der Waals surface area contributed by atoms with Crippen molar-refractivity contribution in [3.05, 3.63) is 99.5 Å². The number of nitrogens with zero attached hydrogens (tertiary/aromatic N) is 4. The quantitative estimate of drug-likeness (QED) is 0.511. The molecule has 1 fully saturated rings. The van der Waals surface area contributed by atoms with Gasteiger partial charge in [-0.2, -0.15) is 10.5 Å². The maximum atomic E-state index is 9.29. The first kappa shape index (κ1) is 22.7. The Balaban J connectivity index is 0.000000330. The van der Waals surface area contributed by atoms with E-state index in [1.165, 1.54) is 5.56 Å². The average molecular weight is 449 g/mol. The summed E-state index contributed by atoms with van der Waals surface area (Å²) in [6, 6.07) is 27.0. The molecule has 0 unspecified atom stereocenters. The molecular weight excluding hydrogens is 427 g/mol. The molecule has 1 aliphatic rings. The fourth-order valence-corrected chi connectivity index (χ4v) is 3.70. The van der Waals surface area contributed by atoms with E-state index >= 15 is 0 Å². The zero-order valence-electron chi connectivity index (χ0n) is 17.0. The van der Waals surface area contributed by atoms with Gasteiger partial charge in [0.15, 0.2) is 0 Å². The molecule has 0 aromatic heterocycles. The van der Waals surface area contributed by atoms with Crippen molar-refractivity contribution in [1.82, 2.24) is 4.90 Å². The van der Waals surface area contributed by atoms with E-state index in [0.29, 0.717) is 16.1 Å². The lowest BCUT2D eigenvalue weighted by molar-refractivity contribution is 0.250. The fraction of sp³-hybridized carbons (Fsp3) is 0.200. The summed E-state index contributed by atoms with van der Waals surface area (Å²) in [7, 11) is 0. The van der Waals surface area contributed by atoms with Crippen LogP contribution in [0.1, 0.15) is 16.7 Å². The molecule has 0 N–H and O–H groups in total. The van der Waals surface area contributed by atoms with Gasteiger partial charge in [0.2, 0.25) is 0 Å². The predicted molar refractivity (Wildman–Crippen MR) is 126 cm³/mol. The van der Waals surface area contributed by atoms with Crippen LogP contribution in [0.5, 0.6) is 0 Å². The van der Waals surface area contributed by atoms with Gasteiger partial charge in [0, 0.05) is 42.8 Å². The number of benzene rings is 3. The molecule has 4 nitrogen and oxygen atoms in total. The third kappa shape index (κ3) is 6.74. The van der Waals surface area contributed by atoms with E-state index in [2.05, 4.69) is 21.9 Å². The van der Waals surface area contributed by atoms with Crippen molar-refractivity contribution in [2.75, 3.05) is 31.1 Å². The number of hydrogen-bond acceptors (Lipinski definition) is 4. The van der Waals surface area contributed by atoms with Crippen molar-refractivity contribution >= 4 is 28.9 Å². The largest absolute Gasteiger partial charge is 0.368 e. The second-order valence-corrected chi connectivity index (χ2v) is 8.01. The molecule has 0 bridgehead atoms. The summed E-state index contributed by atoms with van der Waals surface area (Å²) in [6.07, 6.45) is 0. The van der Waals surface area contributed by atoms with Crippen LogP contribution >= 0.6 is 23.2 Å². The summed E-state index contributed by atoms with van der Waals surface area (Å²) in [5, 5.41) is 19.5. The van der Waals surface area contributed by atoms with Crippen molar-refractivity contribution in [2.24, 2.45) is 0 Å². The van der Waals surface area contributed by atoms with Gasteiger partial charge in [-0.05, 0) is 48.0 Å². The van der Waals surface area contributed by atoms with Crippen molar-refractivity contribution in [3.8, 4) is 12.1 Å². The van der Waals surface area contributed by atoms with Crippen LogP contribution in [0.3, 0.4) is 0 Å². The Bertz CT molecular complexity index is 1060. The Labute approximate surface area is 193 Å². The van der Waals surface area contributed by atoms with Crippen LogP contribution in [0.2, 0.25) is 10.0 Å². The molecule has 156 valence electrons. The van der Waals surface area contributed by atoms with E-state index in [4.69, 9.17) is 28.5 Å². The lowest BCUT2D eigenvalue weighted by atomic mass is 10.1. The van der Waals surface area contributed by atoms with Crippen molar-refractivity contribution in [3.63, 3.8) is 0 Å². The van der Waals surface area contributed by atoms with Gasteiger partial charge in [-0.1, -0.05) is 53.5 Å². The molecular formula is C25H22Cl2N4. The Morgan fingerprint density at radius 2 is 1.42 bits per heavy atom. The van der Waals surface area contributed by atoms with E-state index in [9.17, 15) is 5.26 Å². The molecule has 0 saturated carbocycles. The molecule has 3 aromatic carbocycles. The molecule has 0 amide bonds. The van der Waals surface area contributed by atoms with E-state index in [1.54, 1.807) is 6.07 Å². The molecule has 31 heavy (non-hydrogen) atoms. The Morgan fingerprint density at radius 3 is 1.97 bits per heavy atom. The molecule has 0 radical (unpaired) electrons. The van der Waals surface area contributed by atoms with Gasteiger partial charge < -0.3 is 4.90 Å². The Kier molecular flexibility index (Phi) is 8.33. The molecule has 6 heteroatoms. The minimum Gasteiger partial charge on any atom is -0.368 e. The van der Waals surface area contributed by atoms with Gasteiger partial charge >= 0.3 is 0 Å². The van der Waals surface area contributed by atoms with E-state index < -0.39 is 0 Å². The Hall–Kier alpha value is -3.02. The molecule has 1 saturated heterocycles. The highest BCUT2D eigenvalue weighted by molar-refractivity contribution is 6.31. The monoisotopic (exact) mass is 448 g/mol. The molecule has 0 atom stereocenters. The summed E-state index contributed by atoms with van der Waals surface area (Å²) >= 11 is 11.5. The van der Waals surface area contributed by atoms with E-state index in [1.807, 2.05) is 66.7 Å². The molecule has 4 rings (SSSR count). The van der Waals surface area contributed by atoms with Crippen molar-refractivity contribution in [2.45, 2.75) is 6.54 Å². The standard InChI is InChI=1S/C19H17ClN4.C6H5Cl/c20-18-5-6-19(17(11-18)13-22)24-9-7-23(8-10-24)14-16-3-1-15(12-21)2-4-16;7-6-4-2-1-3-5-6/h1-6,11H,7-10,14H2;1-5H. The van der Waals surface area contributed by atoms with Crippen LogP contribution in [0.25, 0.3) is 0 Å². The topological polar surface area (TPSA) is 54.1 Å². The highest BCUT2D eigenvalue weighted by atomic mass is 35.5. The second kappa shape index (κ2) is 11.4. The predicted octanol–water partition coefficient (Wildman–Crippen LogP) is 5.75. The third-order valence-electron chi connectivity index (χ3n) is 5.01. The van der Waals surface area contributed by atoms with Gasteiger partial charge in [0.1, 0.15) is 6.07 Å². The van der Waals surface area contributed by atoms with Crippen LogP contribution < -0.4 is 4.90 Å². The minimum absolute atomic E-state index is 0.592.